The summed E-state index contributed by atoms with van der Waals surface area (Å²) in [7, 11) is 0. The number of carbonyl (C=O) groups excluding carboxylic acids is 1. The molecular weight excluding hydrogens is 616 g/mol. The van der Waals surface area contributed by atoms with Gasteiger partial charge in [0.15, 0.2) is 0 Å². The van der Waals surface area contributed by atoms with Gasteiger partial charge >= 0.3 is 6.18 Å². The zero-order valence-corrected chi connectivity index (χ0v) is 24.9. The largest absolute Gasteiger partial charge is 0.432 e. The highest BCUT2D eigenvalue weighted by Crippen LogP contribution is 2.32. The van der Waals surface area contributed by atoms with Crippen molar-refractivity contribution in [1.29, 1.82) is 0 Å². The number of anilines is 2. The van der Waals surface area contributed by atoms with Crippen molar-refractivity contribution >= 4 is 28.9 Å². The Hall–Kier alpha value is -4.82. The number of allylic oxidation sites excluding steroid dienone is 1. The third-order valence-electron chi connectivity index (χ3n) is 6.74. The third kappa shape index (κ3) is 8.22. The fraction of sp³-hybridized carbons (Fsp3) is 0.233. The molecule has 0 aliphatic rings. The monoisotopic (exact) mass is 644 g/mol. The summed E-state index contributed by atoms with van der Waals surface area (Å²) in [6.07, 6.45) is -0.303. The Morgan fingerprint density at radius 2 is 1.82 bits per heavy atom. The van der Waals surface area contributed by atoms with Crippen LogP contribution in [0.2, 0.25) is 5.02 Å². The lowest BCUT2D eigenvalue weighted by atomic mass is 10.0. The number of hydrazine groups is 1. The lowest BCUT2D eigenvalue weighted by Gasteiger charge is -2.20. The first kappa shape index (κ1) is 33.1. The van der Waals surface area contributed by atoms with Crippen LogP contribution in [0.3, 0.4) is 0 Å². The minimum atomic E-state index is -4.80. The van der Waals surface area contributed by atoms with Gasteiger partial charge in [-0.3, -0.25) is 19.2 Å². The summed E-state index contributed by atoms with van der Waals surface area (Å²) in [6.45, 7) is 3.73. The lowest BCUT2D eigenvalue weighted by molar-refractivity contribution is -0.119. The molecule has 1 amide bonds. The Morgan fingerprint density at radius 3 is 2.51 bits per heavy atom. The second kappa shape index (κ2) is 13.9. The van der Waals surface area contributed by atoms with E-state index in [1.54, 1.807) is 6.07 Å². The van der Waals surface area contributed by atoms with Crippen molar-refractivity contribution in [2.75, 3.05) is 10.3 Å². The second-order valence-corrected chi connectivity index (χ2v) is 10.6. The first-order valence-corrected chi connectivity index (χ1v) is 14.0. The number of benzene rings is 2. The molecule has 0 bridgehead atoms. The predicted octanol–water partition coefficient (Wildman–Crippen LogP) is 5.63. The van der Waals surface area contributed by atoms with Crippen LogP contribution in [0.25, 0.3) is 22.5 Å². The van der Waals surface area contributed by atoms with Crippen LogP contribution in [0.4, 0.5) is 28.9 Å². The van der Waals surface area contributed by atoms with Crippen molar-refractivity contribution < 1.29 is 22.4 Å². The average molecular weight is 645 g/mol. The van der Waals surface area contributed by atoms with Crippen LogP contribution in [-0.2, 0) is 11.3 Å². The normalized spacial score (nSPS) is 12.6. The van der Waals surface area contributed by atoms with Gasteiger partial charge in [0, 0.05) is 34.3 Å². The van der Waals surface area contributed by atoms with Crippen LogP contribution >= 0.6 is 11.6 Å². The summed E-state index contributed by atoms with van der Waals surface area (Å²) in [5.74, 6) is 4.86. The van der Waals surface area contributed by atoms with Crippen molar-refractivity contribution in [3.05, 3.63) is 100.0 Å². The van der Waals surface area contributed by atoms with Gasteiger partial charge in [0.25, 0.3) is 5.56 Å². The van der Waals surface area contributed by atoms with Crippen LogP contribution in [-0.4, -0.2) is 31.6 Å². The minimum absolute atomic E-state index is 0.0531. The first-order chi connectivity index (χ1) is 21.3. The van der Waals surface area contributed by atoms with Gasteiger partial charge in [-0.2, -0.15) is 13.2 Å². The van der Waals surface area contributed by atoms with Gasteiger partial charge in [0.2, 0.25) is 5.91 Å². The summed E-state index contributed by atoms with van der Waals surface area (Å²) in [5.41, 5.74) is 4.86. The molecular formula is C30H29ClF4N8O2. The number of halogens is 5. The fourth-order valence-corrected chi connectivity index (χ4v) is 4.56. The maximum atomic E-state index is 14.3. The van der Waals surface area contributed by atoms with E-state index in [1.807, 2.05) is 13.8 Å². The Bertz CT molecular complexity index is 1790. The van der Waals surface area contributed by atoms with Crippen molar-refractivity contribution in [2.45, 2.75) is 39.4 Å². The van der Waals surface area contributed by atoms with E-state index < -0.39 is 23.2 Å². The van der Waals surface area contributed by atoms with Crippen LogP contribution in [0.15, 0.2) is 77.9 Å². The van der Waals surface area contributed by atoms with Crippen molar-refractivity contribution in [3.8, 4) is 22.5 Å². The molecule has 0 spiro atoms. The summed E-state index contributed by atoms with van der Waals surface area (Å²) in [5, 5.41) is 3.72. The standard InChI is InChI=1S/C30H29ClF4N8O2/c1-3-4-17(2)29(45)41-23-7-6-19(32)10-21(23)24-11-20(38-15-39-24)13-42-16-40-25(12-28(42)44)22-9-18(31)5-8-26(22)43(37)14-27(36)30(33,34)35/h5-12,14-17H,3-4,13,36-37H2,1-2H3,(H,41,45)/b27-14-. The Kier molecular flexibility index (Phi) is 10.2. The first-order valence-electron chi connectivity index (χ1n) is 13.6. The smallest absolute Gasteiger partial charge is 0.393 e. The highest BCUT2D eigenvalue weighted by atomic mass is 35.5. The summed E-state index contributed by atoms with van der Waals surface area (Å²) in [4.78, 5) is 38.5. The molecule has 2 aromatic carbocycles. The van der Waals surface area contributed by atoms with Gasteiger partial charge in [-0.05, 0) is 48.9 Å². The van der Waals surface area contributed by atoms with Gasteiger partial charge in [-0.1, -0.05) is 31.9 Å². The Labute approximate surface area is 260 Å². The number of hydrogen-bond donors (Lipinski definition) is 3. The Morgan fingerprint density at radius 1 is 1.09 bits per heavy atom. The average Bonchev–Trinajstić information content (AvgIpc) is 2.98. The molecule has 0 saturated carbocycles. The summed E-state index contributed by atoms with van der Waals surface area (Å²) >= 11 is 6.12. The van der Waals surface area contributed by atoms with E-state index in [1.165, 1.54) is 59.7 Å². The molecule has 4 rings (SSSR count). The van der Waals surface area contributed by atoms with Gasteiger partial charge in [0.1, 0.15) is 17.8 Å². The zero-order chi connectivity index (χ0) is 32.9. The van der Waals surface area contributed by atoms with E-state index in [0.717, 1.165) is 6.42 Å². The van der Waals surface area contributed by atoms with Crippen LogP contribution in [0, 0.1) is 11.7 Å². The molecule has 0 saturated heterocycles. The van der Waals surface area contributed by atoms with E-state index in [2.05, 4.69) is 20.3 Å². The molecule has 1 atom stereocenters. The Balaban J connectivity index is 1.63. The SMILES string of the molecule is CCCC(C)C(=O)Nc1ccc(F)cc1-c1cc(Cn2cnc(-c3cc(Cl)ccc3N(N)/C=C(\N)C(F)(F)F)cc2=O)ncn1. The van der Waals surface area contributed by atoms with E-state index >= 15 is 0 Å². The quantitative estimate of drug-likeness (QED) is 0.115. The second-order valence-electron chi connectivity index (χ2n) is 10.2. The maximum Gasteiger partial charge on any atom is 0.432 e. The van der Waals surface area contributed by atoms with Crippen LogP contribution < -0.4 is 27.5 Å². The van der Waals surface area contributed by atoms with Gasteiger partial charge in [0.05, 0.1) is 41.3 Å². The van der Waals surface area contributed by atoms with Crippen molar-refractivity contribution in [1.82, 2.24) is 19.5 Å². The van der Waals surface area contributed by atoms with E-state index in [-0.39, 0.29) is 40.3 Å². The molecule has 0 fully saturated rings. The lowest BCUT2D eigenvalue weighted by Crippen LogP contribution is -2.30. The van der Waals surface area contributed by atoms with Crippen molar-refractivity contribution in [2.24, 2.45) is 17.5 Å². The number of alkyl halides is 3. The molecule has 4 aromatic rings. The zero-order valence-electron chi connectivity index (χ0n) is 24.1. The molecule has 0 aliphatic carbocycles. The highest BCUT2D eigenvalue weighted by Gasteiger charge is 2.32. The van der Waals surface area contributed by atoms with Crippen LogP contribution in [0.1, 0.15) is 32.4 Å². The topological polar surface area (TPSA) is 145 Å². The third-order valence-corrected chi connectivity index (χ3v) is 6.97. The maximum absolute atomic E-state index is 14.3. The molecule has 2 heterocycles. The summed E-state index contributed by atoms with van der Waals surface area (Å²) < 4.78 is 54.4. The molecule has 15 heteroatoms. The number of aromatic nitrogens is 4. The number of nitrogens with two attached hydrogens (primary N) is 2. The van der Waals surface area contributed by atoms with Crippen LogP contribution in [0.5, 0.6) is 0 Å². The fourth-order valence-electron chi connectivity index (χ4n) is 4.39. The molecule has 0 aliphatic heterocycles. The van der Waals surface area contributed by atoms with Gasteiger partial charge in [-0.25, -0.2) is 25.2 Å². The molecule has 10 nitrogen and oxygen atoms in total. The molecule has 236 valence electrons. The molecule has 0 radical (unpaired) electrons. The number of nitrogens with one attached hydrogen (secondary N) is 1. The number of amides is 1. The van der Waals surface area contributed by atoms with E-state index in [0.29, 0.717) is 40.3 Å². The van der Waals surface area contributed by atoms with E-state index in [9.17, 15) is 27.2 Å². The molecule has 45 heavy (non-hydrogen) atoms. The molecule has 2 aromatic heterocycles. The predicted molar refractivity (Wildman–Crippen MR) is 163 cm³/mol. The molecule has 5 N–H and O–H groups in total. The van der Waals surface area contributed by atoms with Gasteiger partial charge in [-0.15, -0.1) is 0 Å². The van der Waals surface area contributed by atoms with Gasteiger partial charge < -0.3 is 11.1 Å². The van der Waals surface area contributed by atoms with Crippen molar-refractivity contribution in [3.63, 3.8) is 0 Å². The summed E-state index contributed by atoms with van der Waals surface area (Å²) in [6, 6.07) is 10.8. The highest BCUT2D eigenvalue weighted by molar-refractivity contribution is 6.31. The number of rotatable bonds is 10. The molecule has 1 unspecified atom stereocenters. The number of carbonyl (C=O) groups is 1. The van der Waals surface area contributed by atoms with E-state index in [4.69, 9.17) is 23.2 Å². The number of hydrogen-bond acceptors (Lipinski definition) is 8. The number of nitrogens with zero attached hydrogens (tertiary/aromatic N) is 5. The minimum Gasteiger partial charge on any atom is -0.393 e.